The fourth-order valence-electron chi connectivity index (χ4n) is 5.10. The molecule has 1 aromatic heterocycles. The number of benzene rings is 1. The minimum Gasteiger partial charge on any atom is -0.486 e. The van der Waals surface area contributed by atoms with Crippen molar-refractivity contribution in [1.29, 1.82) is 0 Å². The summed E-state index contributed by atoms with van der Waals surface area (Å²) in [7, 11) is 0. The molecule has 2 saturated heterocycles. The second-order valence-electron chi connectivity index (χ2n) is 8.50. The van der Waals surface area contributed by atoms with Crippen LogP contribution in [0.3, 0.4) is 0 Å². The molecule has 30 heavy (non-hydrogen) atoms. The van der Waals surface area contributed by atoms with Crippen LogP contribution >= 0.6 is 0 Å². The first-order chi connectivity index (χ1) is 14.8. The van der Waals surface area contributed by atoms with Crippen LogP contribution in [0.2, 0.25) is 0 Å². The molecule has 1 aromatic carbocycles. The van der Waals surface area contributed by atoms with Crippen molar-refractivity contribution in [2.24, 2.45) is 0 Å². The molecule has 0 aliphatic carbocycles. The van der Waals surface area contributed by atoms with Gasteiger partial charge in [0.1, 0.15) is 19.0 Å². The Bertz CT molecular complexity index is 866. The number of carbonyl (C=O) groups is 1. The number of amides is 1. The predicted molar refractivity (Wildman–Crippen MR) is 113 cm³/mol. The molecule has 0 radical (unpaired) electrons. The Morgan fingerprint density at radius 3 is 2.67 bits per heavy atom. The summed E-state index contributed by atoms with van der Waals surface area (Å²) >= 11 is 0. The monoisotopic (exact) mass is 410 g/mol. The molecule has 2 aromatic rings. The molecule has 0 N–H and O–H groups in total. The van der Waals surface area contributed by atoms with Gasteiger partial charge in [0.05, 0.1) is 24.9 Å². The number of nitrogens with zero attached hydrogens (tertiary/aromatic N) is 2. The van der Waals surface area contributed by atoms with E-state index in [1.165, 1.54) is 12.8 Å². The molecule has 2 unspecified atom stereocenters. The number of carbonyl (C=O) groups excluding carboxylic acids is 1. The predicted octanol–water partition coefficient (Wildman–Crippen LogP) is 4.33. The van der Waals surface area contributed by atoms with Gasteiger partial charge in [0.25, 0.3) is 0 Å². The van der Waals surface area contributed by atoms with E-state index in [9.17, 15) is 4.79 Å². The average molecular weight is 411 g/mol. The van der Waals surface area contributed by atoms with E-state index in [-0.39, 0.29) is 18.0 Å². The minimum absolute atomic E-state index is 0.113. The molecule has 2 atom stereocenters. The van der Waals surface area contributed by atoms with Gasteiger partial charge in [0.2, 0.25) is 5.91 Å². The maximum Gasteiger partial charge on any atom is 0.237 e. The largest absolute Gasteiger partial charge is 0.486 e. The van der Waals surface area contributed by atoms with Gasteiger partial charge in [-0.2, -0.15) is 0 Å². The van der Waals surface area contributed by atoms with Crippen molar-refractivity contribution in [3.8, 4) is 11.5 Å². The number of ether oxygens (including phenoxy) is 2. The number of fused-ring (bicyclic) bond motifs is 1. The highest BCUT2D eigenvalue weighted by atomic mass is 16.6. The molecule has 2 fully saturated rings. The quantitative estimate of drug-likeness (QED) is 0.751. The Kier molecular flexibility index (Phi) is 5.67. The summed E-state index contributed by atoms with van der Waals surface area (Å²) < 4.78 is 17.1. The van der Waals surface area contributed by atoms with Crippen LogP contribution in [0.15, 0.2) is 41.0 Å². The van der Waals surface area contributed by atoms with Crippen LogP contribution in [-0.4, -0.2) is 48.6 Å². The number of likely N-dealkylation sites (tertiary alicyclic amines) is 2. The fourth-order valence-corrected chi connectivity index (χ4v) is 5.10. The Morgan fingerprint density at radius 2 is 1.80 bits per heavy atom. The molecule has 3 aliphatic heterocycles. The molecular formula is C24H30N2O4. The van der Waals surface area contributed by atoms with Crippen molar-refractivity contribution < 1.29 is 18.7 Å². The summed E-state index contributed by atoms with van der Waals surface area (Å²) in [6, 6.07) is 10.4. The highest BCUT2D eigenvalue weighted by Gasteiger charge is 2.34. The van der Waals surface area contributed by atoms with E-state index < -0.39 is 0 Å². The van der Waals surface area contributed by atoms with Gasteiger partial charge in [-0.15, -0.1) is 0 Å². The Balaban J connectivity index is 1.32. The maximum atomic E-state index is 13.4. The van der Waals surface area contributed by atoms with Crippen molar-refractivity contribution in [2.75, 3.05) is 32.8 Å². The lowest BCUT2D eigenvalue weighted by atomic mass is 10.0. The van der Waals surface area contributed by atoms with Crippen molar-refractivity contribution in [2.45, 2.75) is 50.6 Å². The molecule has 6 heteroatoms. The normalized spacial score (nSPS) is 24.6. The zero-order chi connectivity index (χ0) is 20.3. The van der Waals surface area contributed by atoms with E-state index in [1.54, 1.807) is 6.26 Å². The van der Waals surface area contributed by atoms with Crippen LogP contribution in [-0.2, 0) is 4.79 Å². The summed E-state index contributed by atoms with van der Waals surface area (Å²) in [4.78, 5) is 17.8. The SMILES string of the molecule is O=C(CN1CCCCCC1c1ccco1)N1CCCC1c1ccc2c(c1)OCCO2. The Labute approximate surface area is 177 Å². The van der Waals surface area contributed by atoms with Crippen LogP contribution in [0.25, 0.3) is 0 Å². The number of hydrogen-bond donors (Lipinski definition) is 0. The topological polar surface area (TPSA) is 55.2 Å². The first kappa shape index (κ1) is 19.5. The third kappa shape index (κ3) is 3.93. The lowest BCUT2D eigenvalue weighted by Gasteiger charge is -2.32. The number of rotatable bonds is 4. The second-order valence-corrected chi connectivity index (χ2v) is 8.50. The molecule has 160 valence electrons. The number of furan rings is 1. The van der Waals surface area contributed by atoms with Gasteiger partial charge in [-0.05, 0) is 62.1 Å². The molecule has 0 spiro atoms. The van der Waals surface area contributed by atoms with Crippen LogP contribution < -0.4 is 9.47 Å². The van der Waals surface area contributed by atoms with Gasteiger partial charge < -0.3 is 18.8 Å². The summed E-state index contributed by atoms with van der Waals surface area (Å²) in [5.74, 6) is 2.79. The van der Waals surface area contributed by atoms with Gasteiger partial charge in [0, 0.05) is 6.54 Å². The average Bonchev–Trinajstić information content (AvgIpc) is 3.43. The highest BCUT2D eigenvalue weighted by Crippen LogP contribution is 2.38. The molecule has 5 rings (SSSR count). The minimum atomic E-state index is 0.113. The van der Waals surface area contributed by atoms with Crippen molar-refractivity contribution in [3.63, 3.8) is 0 Å². The van der Waals surface area contributed by atoms with E-state index in [1.807, 2.05) is 18.2 Å². The third-order valence-electron chi connectivity index (χ3n) is 6.60. The van der Waals surface area contributed by atoms with Gasteiger partial charge in [-0.25, -0.2) is 0 Å². The summed E-state index contributed by atoms with van der Waals surface area (Å²) in [5, 5.41) is 0. The Hall–Kier alpha value is -2.47. The van der Waals surface area contributed by atoms with E-state index in [0.717, 1.165) is 61.6 Å². The molecule has 1 amide bonds. The van der Waals surface area contributed by atoms with Gasteiger partial charge >= 0.3 is 0 Å². The second kappa shape index (κ2) is 8.72. The van der Waals surface area contributed by atoms with Crippen LogP contribution in [0, 0.1) is 0 Å². The van der Waals surface area contributed by atoms with E-state index in [4.69, 9.17) is 13.9 Å². The van der Waals surface area contributed by atoms with Crippen LogP contribution in [0.5, 0.6) is 11.5 Å². The maximum absolute atomic E-state index is 13.4. The van der Waals surface area contributed by atoms with Crippen molar-refractivity contribution in [3.05, 3.63) is 47.9 Å². The van der Waals surface area contributed by atoms with Crippen molar-refractivity contribution in [1.82, 2.24) is 9.80 Å². The number of hydrogen-bond acceptors (Lipinski definition) is 5. The van der Waals surface area contributed by atoms with Gasteiger partial charge in [-0.1, -0.05) is 18.9 Å². The summed E-state index contributed by atoms with van der Waals surface area (Å²) in [5.41, 5.74) is 1.14. The lowest BCUT2D eigenvalue weighted by molar-refractivity contribution is -0.134. The first-order valence-electron chi connectivity index (χ1n) is 11.3. The van der Waals surface area contributed by atoms with E-state index in [0.29, 0.717) is 19.8 Å². The highest BCUT2D eigenvalue weighted by molar-refractivity contribution is 5.79. The summed E-state index contributed by atoms with van der Waals surface area (Å²) in [6.07, 6.45) is 8.34. The molecule has 4 heterocycles. The molecule has 0 bridgehead atoms. The van der Waals surface area contributed by atoms with Gasteiger partial charge in [-0.3, -0.25) is 9.69 Å². The van der Waals surface area contributed by atoms with E-state index >= 15 is 0 Å². The molecule has 0 saturated carbocycles. The molecule has 3 aliphatic rings. The summed E-state index contributed by atoms with van der Waals surface area (Å²) in [6.45, 7) is 3.38. The Morgan fingerprint density at radius 1 is 0.933 bits per heavy atom. The van der Waals surface area contributed by atoms with Gasteiger partial charge in [0.15, 0.2) is 11.5 Å². The first-order valence-corrected chi connectivity index (χ1v) is 11.3. The molecular weight excluding hydrogens is 380 g/mol. The van der Waals surface area contributed by atoms with Crippen molar-refractivity contribution >= 4 is 5.91 Å². The zero-order valence-corrected chi connectivity index (χ0v) is 17.4. The third-order valence-corrected chi connectivity index (χ3v) is 6.60. The standard InChI is InChI=1S/C24H30N2O4/c27-24(17-25-11-3-1-2-6-20(25)21-8-5-13-28-21)26-12-4-7-19(26)18-9-10-22-23(16-18)30-15-14-29-22/h5,8-10,13,16,19-20H,1-4,6-7,11-12,14-15,17H2. The van der Waals surface area contributed by atoms with Crippen LogP contribution in [0.4, 0.5) is 0 Å². The zero-order valence-electron chi connectivity index (χ0n) is 17.4. The van der Waals surface area contributed by atoms with E-state index in [2.05, 4.69) is 21.9 Å². The molecule has 6 nitrogen and oxygen atoms in total. The lowest BCUT2D eigenvalue weighted by Crippen LogP contribution is -2.41. The fraction of sp³-hybridized carbons (Fsp3) is 0.542. The smallest absolute Gasteiger partial charge is 0.237 e. The van der Waals surface area contributed by atoms with Crippen LogP contribution in [0.1, 0.15) is 61.9 Å².